The molecule has 14 heavy (non-hydrogen) atoms. The minimum Gasteiger partial charge on any atom is -0.330 e. The van der Waals surface area contributed by atoms with Gasteiger partial charge in [0.2, 0.25) is 0 Å². The van der Waals surface area contributed by atoms with Crippen LogP contribution in [0.1, 0.15) is 5.82 Å². The number of halogens is 2. The molecule has 0 fully saturated rings. The van der Waals surface area contributed by atoms with E-state index in [0.717, 1.165) is 27.0 Å². The van der Waals surface area contributed by atoms with E-state index in [1.807, 2.05) is 18.2 Å². The van der Waals surface area contributed by atoms with Gasteiger partial charge in [0, 0.05) is 6.42 Å². The molecular formula is C9H9Br2N3. The van der Waals surface area contributed by atoms with Crippen LogP contribution in [0.4, 0.5) is 0 Å². The summed E-state index contributed by atoms with van der Waals surface area (Å²) in [6, 6.07) is 5.99. The molecule has 2 aromatic rings. The average Bonchev–Trinajstić information content (AvgIpc) is 2.46. The molecule has 0 aliphatic carbocycles. The minimum atomic E-state index is 0.604. The molecule has 0 saturated heterocycles. The van der Waals surface area contributed by atoms with Crippen LogP contribution in [0.15, 0.2) is 27.4 Å². The third kappa shape index (κ3) is 1.60. The Kier molecular flexibility index (Phi) is 2.90. The molecule has 0 aromatic carbocycles. The van der Waals surface area contributed by atoms with E-state index in [4.69, 9.17) is 5.73 Å². The van der Waals surface area contributed by atoms with Gasteiger partial charge in [0.05, 0.1) is 10.1 Å². The van der Waals surface area contributed by atoms with Crippen LogP contribution in [-0.2, 0) is 6.42 Å². The van der Waals surface area contributed by atoms with Gasteiger partial charge in [-0.25, -0.2) is 4.98 Å². The molecule has 0 saturated carbocycles. The standard InChI is InChI=1S/C9H9Br2N3/c10-7-3-1-2-6-9(11)13-8(4-5-12)14(6)7/h1-3H,4-5,12H2. The van der Waals surface area contributed by atoms with E-state index >= 15 is 0 Å². The lowest BCUT2D eigenvalue weighted by atomic mass is 10.4. The van der Waals surface area contributed by atoms with Crippen molar-refractivity contribution >= 4 is 37.4 Å². The molecule has 0 unspecified atom stereocenters. The maximum Gasteiger partial charge on any atom is 0.132 e. The second kappa shape index (κ2) is 4.00. The van der Waals surface area contributed by atoms with E-state index in [-0.39, 0.29) is 0 Å². The first-order valence-electron chi connectivity index (χ1n) is 4.25. The third-order valence-electron chi connectivity index (χ3n) is 2.01. The quantitative estimate of drug-likeness (QED) is 0.864. The Bertz CT molecular complexity index is 464. The minimum absolute atomic E-state index is 0.604. The summed E-state index contributed by atoms with van der Waals surface area (Å²) in [7, 11) is 0. The lowest BCUT2D eigenvalue weighted by Crippen LogP contribution is -2.06. The van der Waals surface area contributed by atoms with Crippen molar-refractivity contribution in [3.63, 3.8) is 0 Å². The van der Waals surface area contributed by atoms with Crippen LogP contribution in [0.3, 0.4) is 0 Å². The summed E-state index contributed by atoms with van der Waals surface area (Å²) >= 11 is 6.92. The van der Waals surface area contributed by atoms with E-state index in [2.05, 4.69) is 41.2 Å². The second-order valence-corrected chi connectivity index (χ2v) is 4.49. The normalized spacial score (nSPS) is 11.1. The maximum atomic E-state index is 5.53. The Hall–Kier alpha value is -0.390. The molecule has 0 amide bonds. The van der Waals surface area contributed by atoms with Crippen LogP contribution in [-0.4, -0.2) is 15.9 Å². The van der Waals surface area contributed by atoms with Gasteiger partial charge >= 0.3 is 0 Å². The van der Waals surface area contributed by atoms with Crippen molar-refractivity contribution < 1.29 is 0 Å². The number of aromatic nitrogens is 2. The first kappa shape index (κ1) is 10.1. The van der Waals surface area contributed by atoms with Crippen LogP contribution in [0.25, 0.3) is 5.52 Å². The molecule has 2 heterocycles. The van der Waals surface area contributed by atoms with Crippen molar-refractivity contribution in [1.82, 2.24) is 9.38 Å². The summed E-state index contributed by atoms with van der Waals surface area (Å²) < 4.78 is 3.91. The van der Waals surface area contributed by atoms with Gasteiger partial charge in [-0.15, -0.1) is 0 Å². The van der Waals surface area contributed by atoms with Gasteiger partial charge in [-0.1, -0.05) is 6.07 Å². The van der Waals surface area contributed by atoms with Crippen molar-refractivity contribution in [2.45, 2.75) is 6.42 Å². The fourth-order valence-corrected chi connectivity index (χ4v) is 2.49. The Morgan fingerprint density at radius 2 is 2.14 bits per heavy atom. The molecule has 0 atom stereocenters. The number of nitrogens with two attached hydrogens (primary N) is 1. The zero-order valence-corrected chi connectivity index (χ0v) is 10.5. The van der Waals surface area contributed by atoms with Gasteiger partial charge in [-0.2, -0.15) is 0 Å². The first-order chi connectivity index (χ1) is 6.74. The van der Waals surface area contributed by atoms with Crippen LogP contribution in [0.5, 0.6) is 0 Å². The SMILES string of the molecule is NCCc1nc(Br)c2cccc(Br)n12. The van der Waals surface area contributed by atoms with Crippen LogP contribution in [0.2, 0.25) is 0 Å². The number of fused-ring (bicyclic) bond motifs is 1. The monoisotopic (exact) mass is 317 g/mol. The molecule has 0 aliphatic rings. The molecule has 0 bridgehead atoms. The fraction of sp³-hybridized carbons (Fsp3) is 0.222. The van der Waals surface area contributed by atoms with Gasteiger partial charge in [0.1, 0.15) is 10.4 Å². The second-order valence-electron chi connectivity index (χ2n) is 2.93. The van der Waals surface area contributed by atoms with Gasteiger partial charge in [-0.05, 0) is 50.5 Å². The Labute approximate surface area is 98.6 Å². The van der Waals surface area contributed by atoms with Gasteiger partial charge in [0.15, 0.2) is 0 Å². The molecular weight excluding hydrogens is 310 g/mol. The summed E-state index contributed by atoms with van der Waals surface area (Å²) in [5.74, 6) is 0.974. The molecule has 0 radical (unpaired) electrons. The zero-order valence-electron chi connectivity index (χ0n) is 7.37. The van der Waals surface area contributed by atoms with E-state index in [1.165, 1.54) is 0 Å². The highest BCUT2D eigenvalue weighted by Gasteiger charge is 2.09. The Morgan fingerprint density at radius 1 is 1.36 bits per heavy atom. The van der Waals surface area contributed by atoms with Crippen molar-refractivity contribution in [1.29, 1.82) is 0 Å². The highest BCUT2D eigenvalue weighted by Crippen LogP contribution is 2.23. The molecule has 2 N–H and O–H groups in total. The number of pyridine rings is 1. The summed E-state index contributed by atoms with van der Waals surface area (Å²) in [6.45, 7) is 0.604. The van der Waals surface area contributed by atoms with E-state index in [9.17, 15) is 0 Å². The van der Waals surface area contributed by atoms with Crippen molar-refractivity contribution in [3.05, 3.63) is 33.2 Å². The largest absolute Gasteiger partial charge is 0.330 e. The number of hydrogen-bond acceptors (Lipinski definition) is 2. The highest BCUT2D eigenvalue weighted by molar-refractivity contribution is 9.10. The topological polar surface area (TPSA) is 43.3 Å². The molecule has 2 rings (SSSR count). The smallest absolute Gasteiger partial charge is 0.132 e. The van der Waals surface area contributed by atoms with Gasteiger partial charge in [-0.3, -0.25) is 4.40 Å². The molecule has 74 valence electrons. The summed E-state index contributed by atoms with van der Waals surface area (Å²) in [6.07, 6.45) is 0.773. The highest BCUT2D eigenvalue weighted by atomic mass is 79.9. The molecule has 0 spiro atoms. The van der Waals surface area contributed by atoms with Crippen LogP contribution >= 0.6 is 31.9 Å². The molecule has 5 heteroatoms. The average molecular weight is 319 g/mol. The summed E-state index contributed by atoms with van der Waals surface area (Å²) in [5, 5.41) is 0. The lowest BCUT2D eigenvalue weighted by Gasteiger charge is -2.01. The van der Waals surface area contributed by atoms with Gasteiger partial charge < -0.3 is 5.73 Å². The van der Waals surface area contributed by atoms with Gasteiger partial charge in [0.25, 0.3) is 0 Å². The lowest BCUT2D eigenvalue weighted by molar-refractivity contribution is 0.854. The predicted octanol–water partition coefficient (Wildman–Crippen LogP) is 2.36. The van der Waals surface area contributed by atoms with E-state index in [1.54, 1.807) is 0 Å². The maximum absolute atomic E-state index is 5.53. The first-order valence-corrected chi connectivity index (χ1v) is 5.84. The van der Waals surface area contributed by atoms with Crippen LogP contribution in [0, 0.1) is 0 Å². The molecule has 3 nitrogen and oxygen atoms in total. The summed E-state index contributed by atoms with van der Waals surface area (Å²) in [4.78, 5) is 4.41. The zero-order chi connectivity index (χ0) is 10.1. The Balaban J connectivity index is 2.72. The third-order valence-corrected chi connectivity index (χ3v) is 3.21. The number of nitrogens with zero attached hydrogens (tertiary/aromatic N) is 2. The van der Waals surface area contributed by atoms with E-state index < -0.39 is 0 Å². The van der Waals surface area contributed by atoms with Crippen LogP contribution < -0.4 is 5.73 Å². The fourth-order valence-electron chi connectivity index (χ4n) is 1.42. The summed E-state index contributed by atoms with van der Waals surface area (Å²) in [5.41, 5.74) is 6.59. The number of hydrogen-bond donors (Lipinski definition) is 1. The molecule has 0 aliphatic heterocycles. The van der Waals surface area contributed by atoms with Crippen molar-refractivity contribution in [3.8, 4) is 0 Å². The Morgan fingerprint density at radius 3 is 2.86 bits per heavy atom. The van der Waals surface area contributed by atoms with E-state index in [0.29, 0.717) is 6.54 Å². The number of imidazole rings is 1. The predicted molar refractivity (Wildman–Crippen MR) is 63.4 cm³/mol. The number of rotatable bonds is 2. The van der Waals surface area contributed by atoms with Crippen molar-refractivity contribution in [2.24, 2.45) is 5.73 Å². The molecule has 2 aromatic heterocycles. The van der Waals surface area contributed by atoms with Crippen molar-refractivity contribution in [2.75, 3.05) is 6.54 Å².